The van der Waals surface area contributed by atoms with Crippen molar-refractivity contribution >= 4 is 27.8 Å². The van der Waals surface area contributed by atoms with Crippen molar-refractivity contribution in [2.24, 2.45) is 5.92 Å². The Labute approximate surface area is 163 Å². The average Bonchev–Trinajstić information content (AvgIpc) is 2.61. The van der Waals surface area contributed by atoms with Gasteiger partial charge < -0.3 is 9.64 Å². The van der Waals surface area contributed by atoms with Gasteiger partial charge in [-0.15, -0.1) is 12.3 Å². The maximum Gasteiger partial charge on any atom is 0.471 e. The number of carbonyl (C=O) groups is 2. The summed E-state index contributed by atoms with van der Waals surface area (Å²) in [5.41, 5.74) is -1.63. The fourth-order valence-electron chi connectivity index (χ4n) is 3.28. The van der Waals surface area contributed by atoms with Crippen LogP contribution in [0.5, 0.6) is 0 Å². The van der Waals surface area contributed by atoms with E-state index in [0.717, 1.165) is 7.11 Å². The molecule has 1 aromatic carbocycles. The zero-order valence-electron chi connectivity index (χ0n) is 14.6. The number of nitrogens with zero attached hydrogens (tertiary/aromatic N) is 1. The fourth-order valence-corrected chi connectivity index (χ4v) is 3.80. The molecule has 0 bridgehead atoms. The molecule has 0 fully saturated rings. The van der Waals surface area contributed by atoms with Gasteiger partial charge in [-0.3, -0.25) is 4.79 Å². The Morgan fingerprint density at radius 1 is 1.37 bits per heavy atom. The number of esters is 1. The molecule has 3 atom stereocenters. The Kier molecular flexibility index (Phi) is 6.05. The third-order valence-electron chi connectivity index (χ3n) is 4.48. The first-order valence-corrected chi connectivity index (χ1v) is 8.75. The molecule has 2 rings (SSSR count). The summed E-state index contributed by atoms with van der Waals surface area (Å²) in [5, 5.41) is 0. The van der Waals surface area contributed by atoms with Gasteiger partial charge in [-0.05, 0) is 17.5 Å². The van der Waals surface area contributed by atoms with Crippen LogP contribution in [-0.4, -0.2) is 35.6 Å². The van der Waals surface area contributed by atoms with Crippen molar-refractivity contribution in [3.05, 3.63) is 46.5 Å². The molecule has 0 aromatic heterocycles. The Bertz CT molecular complexity index is 815. The SMILES string of the molecule is C#CC[C@@]1(C(=O)OC)C=C[C@@H](C)[C@H](c2ccccc2Br)N1C(=O)C(F)(F)F. The van der Waals surface area contributed by atoms with E-state index in [0.29, 0.717) is 14.9 Å². The number of carbonyl (C=O) groups excluding carboxylic acids is 2. The highest BCUT2D eigenvalue weighted by atomic mass is 79.9. The van der Waals surface area contributed by atoms with Gasteiger partial charge in [0.05, 0.1) is 13.2 Å². The first-order chi connectivity index (χ1) is 12.6. The van der Waals surface area contributed by atoms with Crippen LogP contribution in [0.2, 0.25) is 0 Å². The molecule has 144 valence electrons. The maximum atomic E-state index is 13.5. The van der Waals surface area contributed by atoms with Crippen LogP contribution in [0, 0.1) is 18.3 Å². The van der Waals surface area contributed by atoms with Crippen LogP contribution in [0.25, 0.3) is 0 Å². The molecule has 8 heteroatoms. The number of ether oxygens (including phenoxy) is 1. The van der Waals surface area contributed by atoms with Gasteiger partial charge in [-0.25, -0.2) is 4.79 Å². The van der Waals surface area contributed by atoms with Crippen LogP contribution >= 0.6 is 15.9 Å². The van der Waals surface area contributed by atoms with Crippen molar-refractivity contribution < 1.29 is 27.5 Å². The predicted octanol–water partition coefficient (Wildman–Crippen LogP) is 4.02. The lowest BCUT2D eigenvalue weighted by Gasteiger charge is -2.48. The number of alkyl halides is 3. The monoisotopic (exact) mass is 443 g/mol. The third-order valence-corrected chi connectivity index (χ3v) is 5.20. The van der Waals surface area contributed by atoms with Crippen molar-refractivity contribution in [1.29, 1.82) is 0 Å². The van der Waals surface area contributed by atoms with Crippen molar-refractivity contribution in [3.8, 4) is 12.3 Å². The minimum absolute atomic E-state index is 0.428. The van der Waals surface area contributed by atoms with E-state index < -0.39 is 42.0 Å². The molecule has 1 amide bonds. The van der Waals surface area contributed by atoms with E-state index >= 15 is 0 Å². The number of terminal acetylenes is 1. The lowest BCUT2D eigenvalue weighted by molar-refractivity contribution is -0.199. The van der Waals surface area contributed by atoms with Gasteiger partial charge >= 0.3 is 18.1 Å². The molecule has 0 saturated heterocycles. The summed E-state index contributed by atoms with van der Waals surface area (Å²) in [6.07, 6.45) is 2.51. The Morgan fingerprint density at radius 2 is 2.00 bits per heavy atom. The van der Waals surface area contributed by atoms with Gasteiger partial charge in [0.25, 0.3) is 0 Å². The number of amides is 1. The third kappa shape index (κ3) is 3.74. The Morgan fingerprint density at radius 3 is 2.52 bits per heavy atom. The lowest BCUT2D eigenvalue weighted by Crippen LogP contribution is -2.62. The second kappa shape index (κ2) is 7.77. The molecule has 4 nitrogen and oxygen atoms in total. The van der Waals surface area contributed by atoms with Crippen LogP contribution in [0.3, 0.4) is 0 Å². The molecule has 0 aliphatic carbocycles. The second-order valence-electron chi connectivity index (χ2n) is 6.15. The molecule has 0 spiro atoms. The topological polar surface area (TPSA) is 46.6 Å². The molecule has 0 unspecified atom stereocenters. The minimum atomic E-state index is -5.20. The number of hydrogen-bond donors (Lipinski definition) is 0. The Balaban J connectivity index is 2.80. The summed E-state index contributed by atoms with van der Waals surface area (Å²) in [6.45, 7) is 1.66. The average molecular weight is 444 g/mol. The summed E-state index contributed by atoms with van der Waals surface area (Å²) in [6, 6.07) is 5.51. The van der Waals surface area contributed by atoms with Crippen LogP contribution in [0.1, 0.15) is 24.9 Å². The van der Waals surface area contributed by atoms with Crippen LogP contribution < -0.4 is 0 Å². The van der Waals surface area contributed by atoms with Gasteiger partial charge in [-0.1, -0.05) is 53.2 Å². The molecule has 0 saturated carbocycles. The number of halogens is 4. The van der Waals surface area contributed by atoms with Crippen LogP contribution in [-0.2, 0) is 14.3 Å². The van der Waals surface area contributed by atoms with E-state index in [4.69, 9.17) is 11.2 Å². The minimum Gasteiger partial charge on any atom is -0.467 e. The molecule has 1 heterocycles. The van der Waals surface area contributed by atoms with Crippen molar-refractivity contribution in [3.63, 3.8) is 0 Å². The number of benzene rings is 1. The largest absolute Gasteiger partial charge is 0.471 e. The standard InChI is InChI=1S/C19H17BrF3NO3/c1-4-10-18(17(26)27-3)11-9-12(2)15(13-7-5-6-8-14(13)20)24(18)16(25)19(21,22)23/h1,5-9,11-12,15H,10H2,2-3H3/t12-,15-,18+/m1/s1. The van der Waals surface area contributed by atoms with Gasteiger partial charge in [0.1, 0.15) is 0 Å². The van der Waals surface area contributed by atoms with E-state index in [1.54, 1.807) is 37.3 Å². The smallest absolute Gasteiger partial charge is 0.467 e. The molecule has 27 heavy (non-hydrogen) atoms. The fraction of sp³-hybridized carbons (Fsp3) is 0.368. The van der Waals surface area contributed by atoms with Crippen molar-refractivity contribution in [2.75, 3.05) is 7.11 Å². The summed E-state index contributed by atoms with van der Waals surface area (Å²) in [4.78, 5) is 25.5. The van der Waals surface area contributed by atoms with Gasteiger partial charge in [0.2, 0.25) is 0 Å². The Hall–Kier alpha value is -2.27. The summed E-state index contributed by atoms with van der Waals surface area (Å²) < 4.78 is 45.7. The van der Waals surface area contributed by atoms with E-state index in [-0.39, 0.29) is 0 Å². The van der Waals surface area contributed by atoms with Gasteiger partial charge in [-0.2, -0.15) is 13.2 Å². The highest BCUT2D eigenvalue weighted by molar-refractivity contribution is 9.10. The summed E-state index contributed by atoms with van der Waals surface area (Å²) in [5.74, 6) is -1.48. The van der Waals surface area contributed by atoms with E-state index in [1.807, 2.05) is 0 Å². The molecule has 0 N–H and O–H groups in total. The highest BCUT2D eigenvalue weighted by Gasteiger charge is 2.58. The maximum absolute atomic E-state index is 13.5. The molecular formula is C19H17BrF3NO3. The molecule has 0 radical (unpaired) electrons. The zero-order chi connectivity index (χ0) is 20.4. The molecule has 1 aliphatic rings. The summed E-state index contributed by atoms with van der Waals surface area (Å²) in [7, 11) is 1.04. The summed E-state index contributed by atoms with van der Waals surface area (Å²) >= 11 is 3.32. The zero-order valence-corrected chi connectivity index (χ0v) is 16.2. The van der Waals surface area contributed by atoms with Gasteiger partial charge in [0, 0.05) is 10.9 Å². The first kappa shape index (κ1) is 21.0. The van der Waals surface area contributed by atoms with Crippen molar-refractivity contribution in [1.82, 2.24) is 4.90 Å². The van der Waals surface area contributed by atoms with E-state index in [1.165, 1.54) is 6.08 Å². The highest BCUT2D eigenvalue weighted by Crippen LogP contribution is 2.45. The van der Waals surface area contributed by atoms with Crippen molar-refractivity contribution in [2.45, 2.75) is 31.1 Å². The number of hydrogen-bond acceptors (Lipinski definition) is 3. The second-order valence-corrected chi connectivity index (χ2v) is 7.01. The van der Waals surface area contributed by atoms with Gasteiger partial charge in [0.15, 0.2) is 5.54 Å². The molecule has 1 aromatic rings. The predicted molar refractivity (Wildman–Crippen MR) is 96.3 cm³/mol. The quantitative estimate of drug-likeness (QED) is 0.402. The number of methoxy groups -OCH3 is 1. The molecular weight excluding hydrogens is 427 g/mol. The molecule has 1 aliphatic heterocycles. The van der Waals surface area contributed by atoms with E-state index in [2.05, 4.69) is 21.9 Å². The van der Waals surface area contributed by atoms with E-state index in [9.17, 15) is 22.8 Å². The number of rotatable bonds is 3. The first-order valence-electron chi connectivity index (χ1n) is 7.96. The van der Waals surface area contributed by atoms with Crippen LogP contribution in [0.15, 0.2) is 40.9 Å². The normalized spacial score (nSPS) is 25.0. The van der Waals surface area contributed by atoms with Crippen LogP contribution in [0.4, 0.5) is 13.2 Å². The lowest BCUT2D eigenvalue weighted by atomic mass is 9.79.